The van der Waals surface area contributed by atoms with Gasteiger partial charge in [0.05, 0.1) is 5.56 Å². The second-order valence-corrected chi connectivity index (χ2v) is 7.11. The maximum Gasteiger partial charge on any atom is 0.341 e. The molecule has 1 heterocycles. The van der Waals surface area contributed by atoms with Gasteiger partial charge in [-0.15, -0.1) is 0 Å². The highest BCUT2D eigenvalue weighted by molar-refractivity contribution is 7.99. The minimum atomic E-state index is -0.924. The number of hydrogen-bond donors (Lipinski definition) is 0. The number of ether oxygens (including phenoxy) is 1. The minimum Gasteiger partial charge on any atom is -0.449 e. The third kappa shape index (κ3) is 4.78. The number of benzene rings is 2. The van der Waals surface area contributed by atoms with Crippen LogP contribution in [-0.4, -0.2) is 30.0 Å². The number of likely N-dealkylation sites (N-methyl/N-ethyl adjacent to an activating group) is 1. The van der Waals surface area contributed by atoms with Gasteiger partial charge in [-0.05, 0) is 43.3 Å². The molecular weight excluding hydrogens is 372 g/mol. The van der Waals surface area contributed by atoms with Crippen molar-refractivity contribution in [3.05, 3.63) is 84.6 Å². The average Bonchev–Trinajstić information content (AvgIpc) is 2.74. The van der Waals surface area contributed by atoms with E-state index in [1.54, 1.807) is 32.3 Å². The first-order chi connectivity index (χ1) is 13.6. The van der Waals surface area contributed by atoms with E-state index in [-0.39, 0.29) is 5.91 Å². The van der Waals surface area contributed by atoms with Crippen LogP contribution >= 0.6 is 11.8 Å². The first-order valence-corrected chi connectivity index (χ1v) is 9.59. The molecule has 0 bridgehead atoms. The van der Waals surface area contributed by atoms with Gasteiger partial charge >= 0.3 is 5.97 Å². The topological polar surface area (TPSA) is 59.5 Å². The van der Waals surface area contributed by atoms with Crippen LogP contribution in [0.5, 0.6) is 0 Å². The van der Waals surface area contributed by atoms with E-state index >= 15 is 0 Å². The number of anilines is 1. The number of carbonyl (C=O) groups is 2. The largest absolute Gasteiger partial charge is 0.449 e. The lowest BCUT2D eigenvalue weighted by molar-refractivity contribution is -0.126. The van der Waals surface area contributed by atoms with Gasteiger partial charge in [-0.2, -0.15) is 0 Å². The third-order valence-electron chi connectivity index (χ3n) is 4.05. The van der Waals surface area contributed by atoms with Crippen LogP contribution in [0.15, 0.2) is 88.9 Å². The monoisotopic (exact) mass is 392 g/mol. The van der Waals surface area contributed by atoms with Gasteiger partial charge in [-0.1, -0.05) is 48.2 Å². The molecule has 0 saturated carbocycles. The van der Waals surface area contributed by atoms with E-state index in [0.717, 1.165) is 10.6 Å². The molecule has 0 radical (unpaired) electrons. The van der Waals surface area contributed by atoms with E-state index < -0.39 is 12.1 Å². The van der Waals surface area contributed by atoms with Crippen molar-refractivity contribution in [1.82, 2.24) is 4.98 Å². The Morgan fingerprint density at radius 3 is 2.29 bits per heavy atom. The van der Waals surface area contributed by atoms with Crippen LogP contribution in [0.4, 0.5) is 5.69 Å². The molecule has 0 aliphatic carbocycles. The highest BCUT2D eigenvalue weighted by Crippen LogP contribution is 2.29. The van der Waals surface area contributed by atoms with E-state index in [9.17, 15) is 9.59 Å². The Hall–Kier alpha value is -3.12. The minimum absolute atomic E-state index is 0.305. The summed E-state index contributed by atoms with van der Waals surface area (Å²) in [5.41, 5.74) is 1.07. The summed E-state index contributed by atoms with van der Waals surface area (Å²) in [6, 6.07) is 22.2. The van der Waals surface area contributed by atoms with E-state index in [0.29, 0.717) is 10.6 Å². The van der Waals surface area contributed by atoms with Crippen molar-refractivity contribution in [2.24, 2.45) is 0 Å². The van der Waals surface area contributed by atoms with Crippen molar-refractivity contribution >= 4 is 29.3 Å². The number of carbonyl (C=O) groups excluding carboxylic acids is 2. The van der Waals surface area contributed by atoms with Crippen molar-refractivity contribution in [1.29, 1.82) is 0 Å². The lowest BCUT2D eigenvalue weighted by Crippen LogP contribution is -2.37. The molecule has 1 aromatic heterocycles. The number of hydrogen-bond acceptors (Lipinski definition) is 5. The smallest absolute Gasteiger partial charge is 0.341 e. The highest BCUT2D eigenvalue weighted by Gasteiger charge is 2.24. The van der Waals surface area contributed by atoms with E-state index in [1.165, 1.54) is 16.7 Å². The van der Waals surface area contributed by atoms with Crippen LogP contribution in [0.3, 0.4) is 0 Å². The summed E-state index contributed by atoms with van der Waals surface area (Å²) in [4.78, 5) is 32.0. The Labute approximate surface area is 168 Å². The van der Waals surface area contributed by atoms with Gasteiger partial charge in [0.15, 0.2) is 6.10 Å². The average molecular weight is 392 g/mol. The van der Waals surface area contributed by atoms with Gasteiger partial charge in [0, 0.05) is 23.8 Å². The zero-order valence-electron chi connectivity index (χ0n) is 15.6. The zero-order chi connectivity index (χ0) is 19.9. The SMILES string of the molecule is CC(OC(=O)c1cccnc1Sc1ccccc1)C(=O)N(C)c1ccccc1. The van der Waals surface area contributed by atoms with Crippen molar-refractivity contribution in [3.8, 4) is 0 Å². The molecule has 1 unspecified atom stereocenters. The number of amides is 1. The lowest BCUT2D eigenvalue weighted by Gasteiger charge is -2.21. The summed E-state index contributed by atoms with van der Waals surface area (Å²) >= 11 is 1.37. The van der Waals surface area contributed by atoms with Crippen molar-refractivity contribution < 1.29 is 14.3 Å². The fourth-order valence-electron chi connectivity index (χ4n) is 2.55. The summed E-state index contributed by atoms with van der Waals surface area (Å²) in [7, 11) is 1.66. The van der Waals surface area contributed by atoms with Crippen molar-refractivity contribution in [2.75, 3.05) is 11.9 Å². The number of pyridine rings is 1. The van der Waals surface area contributed by atoms with Gasteiger partial charge in [-0.25, -0.2) is 9.78 Å². The quantitative estimate of drug-likeness (QED) is 0.581. The summed E-state index contributed by atoms with van der Waals surface area (Å²) < 4.78 is 5.44. The summed E-state index contributed by atoms with van der Waals surface area (Å²) in [6.07, 6.45) is 0.701. The van der Waals surface area contributed by atoms with Crippen LogP contribution in [0.2, 0.25) is 0 Å². The highest BCUT2D eigenvalue weighted by atomic mass is 32.2. The molecule has 1 atom stereocenters. The Balaban J connectivity index is 1.71. The molecule has 3 aromatic rings. The standard InChI is InChI=1S/C22H20N2O3S/c1-16(21(25)24(2)17-10-5-3-6-11-17)27-22(26)19-14-9-15-23-20(19)28-18-12-7-4-8-13-18/h3-16H,1-2H3. The fourth-order valence-corrected chi connectivity index (χ4v) is 3.45. The van der Waals surface area contributed by atoms with Crippen LogP contribution in [0, 0.1) is 0 Å². The van der Waals surface area contributed by atoms with Crippen molar-refractivity contribution in [3.63, 3.8) is 0 Å². The van der Waals surface area contributed by atoms with Crippen LogP contribution in [-0.2, 0) is 9.53 Å². The van der Waals surface area contributed by atoms with Gasteiger partial charge < -0.3 is 9.64 Å². The van der Waals surface area contributed by atoms with E-state index in [4.69, 9.17) is 4.74 Å². The molecule has 2 aromatic carbocycles. The molecule has 5 nitrogen and oxygen atoms in total. The fraction of sp³-hybridized carbons (Fsp3) is 0.136. The molecule has 0 aliphatic rings. The summed E-state index contributed by atoms with van der Waals surface area (Å²) in [5, 5.41) is 0.537. The molecule has 0 spiro atoms. The zero-order valence-corrected chi connectivity index (χ0v) is 16.4. The molecule has 0 saturated heterocycles. The molecule has 0 N–H and O–H groups in total. The predicted octanol–water partition coefficient (Wildman–Crippen LogP) is 4.44. The number of para-hydroxylation sites is 1. The molecule has 0 aliphatic heterocycles. The maximum absolute atomic E-state index is 12.7. The molecule has 28 heavy (non-hydrogen) atoms. The van der Waals surface area contributed by atoms with Gasteiger partial charge in [0.2, 0.25) is 0 Å². The van der Waals surface area contributed by atoms with Gasteiger partial charge in [0.1, 0.15) is 5.03 Å². The number of nitrogens with zero attached hydrogens (tertiary/aromatic N) is 2. The van der Waals surface area contributed by atoms with Crippen LogP contribution < -0.4 is 4.90 Å². The van der Waals surface area contributed by atoms with Gasteiger partial charge in [-0.3, -0.25) is 4.79 Å². The molecule has 0 fully saturated rings. The second-order valence-electron chi connectivity index (χ2n) is 6.05. The van der Waals surface area contributed by atoms with E-state index in [2.05, 4.69) is 4.98 Å². The second kappa shape index (κ2) is 9.19. The predicted molar refractivity (Wildman–Crippen MR) is 110 cm³/mol. The lowest BCUT2D eigenvalue weighted by atomic mass is 10.2. The van der Waals surface area contributed by atoms with Gasteiger partial charge in [0.25, 0.3) is 5.91 Å². The molecule has 1 amide bonds. The summed E-state index contributed by atoms with van der Waals surface area (Å²) in [5.74, 6) is -0.880. The number of esters is 1. The molecule has 6 heteroatoms. The van der Waals surface area contributed by atoms with Crippen molar-refractivity contribution in [2.45, 2.75) is 22.9 Å². The Morgan fingerprint density at radius 2 is 1.61 bits per heavy atom. The number of aromatic nitrogens is 1. The molecule has 142 valence electrons. The number of rotatable bonds is 6. The first kappa shape index (κ1) is 19.6. The van der Waals surface area contributed by atoms with Crippen LogP contribution in [0.1, 0.15) is 17.3 Å². The molecule has 3 rings (SSSR count). The van der Waals surface area contributed by atoms with E-state index in [1.807, 2.05) is 60.7 Å². The normalized spacial score (nSPS) is 11.5. The third-order valence-corrected chi connectivity index (χ3v) is 5.08. The maximum atomic E-state index is 12.7. The van der Waals surface area contributed by atoms with Crippen LogP contribution in [0.25, 0.3) is 0 Å². The summed E-state index contributed by atoms with van der Waals surface area (Å²) in [6.45, 7) is 1.57. The molecular formula is C22H20N2O3S. The Bertz CT molecular complexity index is 948. The Morgan fingerprint density at radius 1 is 0.964 bits per heavy atom. The Kier molecular flexibility index (Phi) is 6.45. The first-order valence-electron chi connectivity index (χ1n) is 8.78.